The Morgan fingerprint density at radius 3 is 2.67 bits per heavy atom. The molecule has 2 atom stereocenters. The molecule has 1 N–H and O–H groups in total. The molecule has 1 saturated heterocycles. The van der Waals surface area contributed by atoms with Crippen molar-refractivity contribution in [2.45, 2.75) is 45.0 Å². The van der Waals surface area contributed by atoms with Gasteiger partial charge in [0, 0.05) is 19.1 Å². The fourth-order valence-corrected chi connectivity index (χ4v) is 4.91. The Balaban J connectivity index is 2.12. The predicted molar refractivity (Wildman–Crippen MR) is 86.4 cm³/mol. The molecule has 1 fully saturated rings. The van der Waals surface area contributed by atoms with Crippen molar-refractivity contribution in [3.8, 4) is 0 Å². The Morgan fingerprint density at radius 2 is 2.00 bits per heavy atom. The molecule has 0 radical (unpaired) electrons. The minimum Gasteiger partial charge on any atom is -0.316 e. The van der Waals surface area contributed by atoms with Gasteiger partial charge in [-0.15, -0.1) is 0 Å². The highest BCUT2D eigenvalue weighted by atomic mass is 32.2. The highest BCUT2D eigenvalue weighted by Crippen LogP contribution is 2.26. The molecule has 2 rings (SSSR count). The van der Waals surface area contributed by atoms with Crippen molar-refractivity contribution < 1.29 is 8.42 Å². The third kappa shape index (κ3) is 4.28. The van der Waals surface area contributed by atoms with Crippen molar-refractivity contribution in [1.29, 1.82) is 0 Å². The highest BCUT2D eigenvalue weighted by Gasteiger charge is 2.31. The first-order chi connectivity index (χ1) is 9.92. The molecular formula is C16H26N2O2S. The van der Waals surface area contributed by atoms with Crippen LogP contribution in [0.1, 0.15) is 37.8 Å². The van der Waals surface area contributed by atoms with Crippen molar-refractivity contribution in [3.63, 3.8) is 0 Å². The van der Waals surface area contributed by atoms with E-state index in [0.29, 0.717) is 12.5 Å². The van der Waals surface area contributed by atoms with Crippen molar-refractivity contribution in [2.24, 2.45) is 5.92 Å². The van der Waals surface area contributed by atoms with Gasteiger partial charge < -0.3 is 5.32 Å². The van der Waals surface area contributed by atoms with Gasteiger partial charge in [-0.3, -0.25) is 0 Å². The molecule has 0 amide bonds. The molecule has 1 aliphatic rings. The molecule has 1 heterocycles. The molecule has 0 saturated carbocycles. The summed E-state index contributed by atoms with van der Waals surface area (Å²) in [6.07, 6.45) is 1.92. The number of nitrogens with zero attached hydrogens (tertiary/aromatic N) is 1. The number of sulfonamides is 1. The summed E-state index contributed by atoms with van der Waals surface area (Å²) in [4.78, 5) is 0. The average molecular weight is 310 g/mol. The minimum atomic E-state index is -3.23. The largest absolute Gasteiger partial charge is 0.316 e. The molecule has 1 aromatic carbocycles. The molecular weight excluding hydrogens is 284 g/mol. The van der Waals surface area contributed by atoms with Gasteiger partial charge in [0.05, 0.1) is 5.75 Å². The summed E-state index contributed by atoms with van der Waals surface area (Å²) in [7, 11) is -1.34. The zero-order valence-electron chi connectivity index (χ0n) is 13.2. The van der Waals surface area contributed by atoms with E-state index >= 15 is 0 Å². The molecule has 0 spiro atoms. The smallest absolute Gasteiger partial charge is 0.218 e. The Hall–Kier alpha value is -0.910. The summed E-state index contributed by atoms with van der Waals surface area (Å²) in [5.41, 5.74) is 1.99. The van der Waals surface area contributed by atoms with Gasteiger partial charge in [0.25, 0.3) is 0 Å². The van der Waals surface area contributed by atoms with E-state index in [1.54, 1.807) is 4.31 Å². The van der Waals surface area contributed by atoms with Crippen LogP contribution in [-0.2, 0) is 22.3 Å². The second-order valence-electron chi connectivity index (χ2n) is 6.20. The van der Waals surface area contributed by atoms with E-state index in [1.165, 1.54) is 0 Å². The molecule has 0 aromatic heterocycles. The van der Waals surface area contributed by atoms with Crippen LogP contribution in [0.2, 0.25) is 0 Å². The Labute approximate surface area is 128 Å². The molecule has 1 aliphatic heterocycles. The van der Waals surface area contributed by atoms with E-state index in [4.69, 9.17) is 0 Å². The van der Waals surface area contributed by atoms with Crippen LogP contribution in [-0.4, -0.2) is 32.4 Å². The lowest BCUT2D eigenvalue weighted by atomic mass is 9.95. The maximum atomic E-state index is 12.7. The zero-order valence-corrected chi connectivity index (χ0v) is 14.0. The Kier molecular flexibility index (Phi) is 5.41. The van der Waals surface area contributed by atoms with Crippen LogP contribution >= 0.6 is 0 Å². The zero-order chi connectivity index (χ0) is 15.5. The molecule has 0 bridgehead atoms. The third-order valence-electron chi connectivity index (χ3n) is 4.16. The van der Waals surface area contributed by atoms with Gasteiger partial charge >= 0.3 is 0 Å². The van der Waals surface area contributed by atoms with E-state index in [0.717, 1.165) is 30.5 Å². The number of hydrogen-bond acceptors (Lipinski definition) is 3. The van der Waals surface area contributed by atoms with Crippen molar-refractivity contribution in [3.05, 3.63) is 35.4 Å². The Bertz CT molecular complexity index is 571. The Morgan fingerprint density at radius 1 is 1.29 bits per heavy atom. The summed E-state index contributed by atoms with van der Waals surface area (Å²) in [5, 5.41) is 3.09. The van der Waals surface area contributed by atoms with Crippen LogP contribution in [0.25, 0.3) is 0 Å². The quantitative estimate of drug-likeness (QED) is 0.908. The second-order valence-corrected chi connectivity index (χ2v) is 8.12. The lowest BCUT2D eigenvalue weighted by Crippen LogP contribution is -2.44. The number of rotatable bonds is 5. The molecule has 4 nitrogen and oxygen atoms in total. The van der Waals surface area contributed by atoms with Crippen LogP contribution in [0.5, 0.6) is 0 Å². The van der Waals surface area contributed by atoms with E-state index in [2.05, 4.69) is 12.2 Å². The normalized spacial score (nSPS) is 24.1. The summed E-state index contributed by atoms with van der Waals surface area (Å²) >= 11 is 0. The lowest BCUT2D eigenvalue weighted by Gasteiger charge is -2.35. The number of hydrogen-bond donors (Lipinski definition) is 1. The summed E-state index contributed by atoms with van der Waals surface area (Å²) < 4.78 is 27.0. The van der Waals surface area contributed by atoms with Crippen molar-refractivity contribution in [2.75, 3.05) is 13.6 Å². The van der Waals surface area contributed by atoms with Gasteiger partial charge in [-0.2, -0.15) is 4.31 Å². The lowest BCUT2D eigenvalue weighted by molar-refractivity contribution is 0.220. The monoisotopic (exact) mass is 310 g/mol. The summed E-state index contributed by atoms with van der Waals surface area (Å²) in [6.45, 7) is 5.62. The molecule has 5 heteroatoms. The van der Waals surface area contributed by atoms with E-state index in [9.17, 15) is 8.42 Å². The van der Waals surface area contributed by atoms with Crippen LogP contribution in [0.15, 0.2) is 24.3 Å². The molecule has 0 aliphatic carbocycles. The first kappa shape index (κ1) is 16.5. The number of benzene rings is 1. The maximum Gasteiger partial charge on any atom is 0.218 e. The van der Waals surface area contributed by atoms with Gasteiger partial charge in [0.15, 0.2) is 0 Å². The van der Waals surface area contributed by atoms with E-state index < -0.39 is 10.0 Å². The SMILES string of the molecule is CNCc1cccc(CS(=O)(=O)N2CCC(C)CC2C)c1. The van der Waals surface area contributed by atoms with Gasteiger partial charge in [-0.1, -0.05) is 31.2 Å². The average Bonchev–Trinajstić information content (AvgIpc) is 2.38. The fraction of sp³-hybridized carbons (Fsp3) is 0.625. The van der Waals surface area contributed by atoms with Gasteiger partial charge in [-0.05, 0) is 43.9 Å². The number of nitrogens with one attached hydrogen (secondary N) is 1. The van der Waals surface area contributed by atoms with Crippen molar-refractivity contribution in [1.82, 2.24) is 9.62 Å². The van der Waals surface area contributed by atoms with Crippen LogP contribution in [0.3, 0.4) is 0 Å². The van der Waals surface area contributed by atoms with Crippen LogP contribution < -0.4 is 5.32 Å². The fourth-order valence-electron chi connectivity index (χ4n) is 3.13. The summed E-state index contributed by atoms with van der Waals surface area (Å²) in [6, 6.07) is 7.93. The summed E-state index contributed by atoms with van der Waals surface area (Å²) in [5.74, 6) is 0.717. The topological polar surface area (TPSA) is 49.4 Å². The predicted octanol–water partition coefficient (Wildman–Crippen LogP) is 2.36. The van der Waals surface area contributed by atoms with E-state index in [-0.39, 0.29) is 11.8 Å². The van der Waals surface area contributed by atoms with Gasteiger partial charge in [0.1, 0.15) is 0 Å². The molecule has 1 aromatic rings. The first-order valence-electron chi connectivity index (χ1n) is 7.64. The highest BCUT2D eigenvalue weighted by molar-refractivity contribution is 7.88. The standard InChI is InChI=1S/C16H26N2O2S/c1-13-7-8-18(14(2)9-13)21(19,20)12-16-6-4-5-15(10-16)11-17-3/h4-6,10,13-14,17H,7-9,11-12H2,1-3H3. The molecule has 21 heavy (non-hydrogen) atoms. The minimum absolute atomic E-state index is 0.100. The van der Waals surface area contributed by atoms with Crippen LogP contribution in [0.4, 0.5) is 0 Å². The van der Waals surface area contributed by atoms with Gasteiger partial charge in [-0.25, -0.2) is 8.42 Å². The number of piperidine rings is 1. The second kappa shape index (κ2) is 6.90. The third-order valence-corrected chi connectivity index (χ3v) is 6.11. The van der Waals surface area contributed by atoms with E-state index in [1.807, 2.05) is 38.2 Å². The molecule has 118 valence electrons. The maximum absolute atomic E-state index is 12.7. The molecule has 2 unspecified atom stereocenters. The van der Waals surface area contributed by atoms with Crippen LogP contribution in [0, 0.1) is 5.92 Å². The van der Waals surface area contributed by atoms with Crippen molar-refractivity contribution >= 4 is 10.0 Å². The van der Waals surface area contributed by atoms with Gasteiger partial charge in [0.2, 0.25) is 10.0 Å². The first-order valence-corrected chi connectivity index (χ1v) is 9.25.